The molecule has 0 radical (unpaired) electrons. The summed E-state index contributed by atoms with van der Waals surface area (Å²) in [5.74, 6) is -0.320. The molecule has 0 bridgehead atoms. The molecule has 1 rings (SSSR count). The van der Waals surface area contributed by atoms with Crippen LogP contribution >= 0.6 is 0 Å². The summed E-state index contributed by atoms with van der Waals surface area (Å²) >= 11 is 0. The number of hydrogen-bond acceptors (Lipinski definition) is 1. The monoisotopic (exact) mass is 135 g/mol. The predicted molar refractivity (Wildman–Crippen MR) is 35.9 cm³/mol. The molecule has 0 aliphatic rings. The van der Waals surface area contributed by atoms with Gasteiger partial charge in [0, 0.05) is 5.56 Å². The summed E-state index contributed by atoms with van der Waals surface area (Å²) in [4.78, 5) is 0. The second-order valence-electron chi connectivity index (χ2n) is 2.02. The zero-order chi connectivity index (χ0) is 7.56. The Kier molecular flexibility index (Phi) is 1.68. The molecule has 10 heavy (non-hydrogen) atoms. The van der Waals surface area contributed by atoms with E-state index in [1.54, 1.807) is 13.0 Å². The molecule has 2 heteroatoms. The minimum atomic E-state index is -0.320. The summed E-state index contributed by atoms with van der Waals surface area (Å²) in [5, 5.41) is 8.43. The van der Waals surface area contributed by atoms with Crippen LogP contribution in [0.2, 0.25) is 0 Å². The SMILES string of the molecule is Cc1c(F)cccc1C#N. The molecule has 0 N–H and O–H groups in total. The molecule has 0 spiro atoms. The lowest BCUT2D eigenvalue weighted by Gasteiger charge is -1.95. The molecule has 0 aliphatic heterocycles. The van der Waals surface area contributed by atoms with Crippen LogP contribution in [-0.4, -0.2) is 0 Å². The summed E-state index contributed by atoms with van der Waals surface area (Å²) in [6.45, 7) is 1.59. The minimum absolute atomic E-state index is 0.320. The van der Waals surface area contributed by atoms with Crippen LogP contribution in [-0.2, 0) is 0 Å². The Bertz CT molecular complexity index is 286. The third kappa shape index (κ3) is 0.985. The van der Waals surface area contributed by atoms with Gasteiger partial charge in [-0.15, -0.1) is 0 Å². The first-order chi connectivity index (χ1) is 4.75. The zero-order valence-corrected chi connectivity index (χ0v) is 5.56. The van der Waals surface area contributed by atoms with Gasteiger partial charge < -0.3 is 0 Å². The number of hydrogen-bond donors (Lipinski definition) is 0. The Labute approximate surface area is 58.7 Å². The standard InChI is InChI=1S/C8H6FN/c1-6-7(5-10)3-2-4-8(6)9/h2-4H,1H3. The van der Waals surface area contributed by atoms with Crippen LogP contribution in [0.3, 0.4) is 0 Å². The lowest BCUT2D eigenvalue weighted by molar-refractivity contribution is 0.618. The molecule has 0 saturated heterocycles. The van der Waals surface area contributed by atoms with Crippen LogP contribution in [0.25, 0.3) is 0 Å². The van der Waals surface area contributed by atoms with Gasteiger partial charge in [-0.1, -0.05) is 6.07 Å². The van der Waals surface area contributed by atoms with Gasteiger partial charge in [0.25, 0.3) is 0 Å². The quantitative estimate of drug-likeness (QED) is 0.533. The summed E-state index contributed by atoms with van der Waals surface area (Å²) in [6.07, 6.45) is 0. The molecule has 0 aromatic heterocycles. The third-order valence-corrected chi connectivity index (χ3v) is 1.39. The number of benzene rings is 1. The average molecular weight is 135 g/mol. The lowest BCUT2D eigenvalue weighted by Crippen LogP contribution is -1.85. The number of halogens is 1. The van der Waals surface area contributed by atoms with Gasteiger partial charge in [-0.2, -0.15) is 5.26 Å². The fourth-order valence-corrected chi connectivity index (χ4v) is 0.729. The molecule has 0 fully saturated rings. The Morgan fingerprint density at radius 3 is 2.70 bits per heavy atom. The molecule has 1 aromatic carbocycles. The normalized spacial score (nSPS) is 8.90. The van der Waals surface area contributed by atoms with Crippen molar-refractivity contribution < 1.29 is 4.39 Å². The largest absolute Gasteiger partial charge is 0.207 e. The highest BCUT2D eigenvalue weighted by atomic mass is 19.1. The van der Waals surface area contributed by atoms with Gasteiger partial charge in [0.05, 0.1) is 11.6 Å². The number of nitrogens with zero attached hydrogens (tertiary/aromatic N) is 1. The van der Waals surface area contributed by atoms with Crippen LogP contribution in [0.4, 0.5) is 4.39 Å². The zero-order valence-electron chi connectivity index (χ0n) is 5.56. The smallest absolute Gasteiger partial charge is 0.127 e. The first-order valence-electron chi connectivity index (χ1n) is 2.91. The maximum atomic E-state index is 12.6. The molecule has 0 atom stereocenters. The van der Waals surface area contributed by atoms with Crippen molar-refractivity contribution in [3.05, 3.63) is 35.1 Å². The minimum Gasteiger partial charge on any atom is -0.207 e. The molecular weight excluding hydrogens is 129 g/mol. The van der Waals surface area contributed by atoms with Crippen molar-refractivity contribution in [1.29, 1.82) is 5.26 Å². The molecule has 1 aromatic rings. The molecule has 0 amide bonds. The Hall–Kier alpha value is -1.36. The van der Waals surface area contributed by atoms with Crippen molar-refractivity contribution in [1.82, 2.24) is 0 Å². The summed E-state index contributed by atoms with van der Waals surface area (Å²) in [6, 6.07) is 6.36. The second kappa shape index (κ2) is 2.49. The van der Waals surface area contributed by atoms with Gasteiger partial charge in [-0.25, -0.2) is 4.39 Å². The average Bonchev–Trinajstić information content (AvgIpc) is 1.95. The number of nitriles is 1. The van der Waals surface area contributed by atoms with Crippen molar-refractivity contribution >= 4 is 0 Å². The third-order valence-electron chi connectivity index (χ3n) is 1.39. The highest BCUT2D eigenvalue weighted by molar-refractivity contribution is 5.36. The predicted octanol–water partition coefficient (Wildman–Crippen LogP) is 2.01. The summed E-state index contributed by atoms with van der Waals surface area (Å²) in [7, 11) is 0. The van der Waals surface area contributed by atoms with Crippen LogP contribution in [0.1, 0.15) is 11.1 Å². The van der Waals surface area contributed by atoms with Crippen molar-refractivity contribution in [2.75, 3.05) is 0 Å². The Morgan fingerprint density at radius 2 is 2.20 bits per heavy atom. The Morgan fingerprint density at radius 1 is 1.50 bits per heavy atom. The van der Waals surface area contributed by atoms with Crippen molar-refractivity contribution in [3.63, 3.8) is 0 Å². The second-order valence-corrected chi connectivity index (χ2v) is 2.02. The van der Waals surface area contributed by atoms with Gasteiger partial charge in [0.2, 0.25) is 0 Å². The van der Waals surface area contributed by atoms with Gasteiger partial charge in [0.1, 0.15) is 5.82 Å². The van der Waals surface area contributed by atoms with Gasteiger partial charge >= 0.3 is 0 Å². The summed E-state index contributed by atoms with van der Waals surface area (Å²) in [5.41, 5.74) is 0.824. The maximum absolute atomic E-state index is 12.6. The van der Waals surface area contributed by atoms with Crippen molar-refractivity contribution in [3.8, 4) is 6.07 Å². The fourth-order valence-electron chi connectivity index (χ4n) is 0.729. The van der Waals surface area contributed by atoms with E-state index in [1.807, 2.05) is 6.07 Å². The Balaban J connectivity index is 3.31. The van der Waals surface area contributed by atoms with E-state index in [0.717, 1.165) is 0 Å². The molecule has 50 valence electrons. The van der Waals surface area contributed by atoms with E-state index >= 15 is 0 Å². The van der Waals surface area contributed by atoms with E-state index in [2.05, 4.69) is 0 Å². The highest BCUT2D eigenvalue weighted by Crippen LogP contribution is 2.09. The van der Waals surface area contributed by atoms with E-state index in [-0.39, 0.29) is 5.82 Å². The summed E-state index contributed by atoms with van der Waals surface area (Å²) < 4.78 is 12.6. The van der Waals surface area contributed by atoms with Crippen LogP contribution < -0.4 is 0 Å². The molecule has 0 saturated carbocycles. The first-order valence-corrected chi connectivity index (χ1v) is 2.91. The number of rotatable bonds is 0. The molecular formula is C8H6FN. The lowest BCUT2D eigenvalue weighted by atomic mass is 10.1. The van der Waals surface area contributed by atoms with Crippen molar-refractivity contribution in [2.45, 2.75) is 6.92 Å². The fraction of sp³-hybridized carbons (Fsp3) is 0.125. The first kappa shape index (κ1) is 6.76. The van der Waals surface area contributed by atoms with E-state index < -0.39 is 0 Å². The maximum Gasteiger partial charge on any atom is 0.127 e. The van der Waals surface area contributed by atoms with E-state index in [0.29, 0.717) is 11.1 Å². The van der Waals surface area contributed by atoms with Gasteiger partial charge in [0.15, 0.2) is 0 Å². The van der Waals surface area contributed by atoms with Crippen LogP contribution in [0, 0.1) is 24.1 Å². The van der Waals surface area contributed by atoms with Crippen LogP contribution in [0.5, 0.6) is 0 Å². The van der Waals surface area contributed by atoms with E-state index in [1.165, 1.54) is 12.1 Å². The van der Waals surface area contributed by atoms with Crippen molar-refractivity contribution in [2.24, 2.45) is 0 Å². The molecule has 0 aliphatic carbocycles. The molecule has 0 unspecified atom stereocenters. The van der Waals surface area contributed by atoms with Gasteiger partial charge in [-0.3, -0.25) is 0 Å². The highest BCUT2D eigenvalue weighted by Gasteiger charge is 1.99. The topological polar surface area (TPSA) is 23.8 Å². The molecule has 1 nitrogen and oxygen atoms in total. The van der Waals surface area contributed by atoms with Crippen LogP contribution in [0.15, 0.2) is 18.2 Å². The van der Waals surface area contributed by atoms with E-state index in [9.17, 15) is 4.39 Å². The van der Waals surface area contributed by atoms with E-state index in [4.69, 9.17) is 5.26 Å². The van der Waals surface area contributed by atoms with Gasteiger partial charge in [-0.05, 0) is 19.1 Å². The molecule has 0 heterocycles.